The molecule has 6 heteroatoms. The van der Waals surface area contributed by atoms with Gasteiger partial charge in [0.2, 0.25) is 0 Å². The van der Waals surface area contributed by atoms with Crippen molar-refractivity contribution in [3.63, 3.8) is 0 Å². The Labute approximate surface area is 113 Å². The van der Waals surface area contributed by atoms with E-state index in [4.69, 9.17) is 9.84 Å². The molecule has 0 amide bonds. The summed E-state index contributed by atoms with van der Waals surface area (Å²) in [6, 6.07) is 5.26. The molecule has 1 N–H and O–H groups in total. The first-order valence-corrected chi connectivity index (χ1v) is 5.90. The second kappa shape index (κ2) is 4.41. The van der Waals surface area contributed by atoms with E-state index in [-0.39, 0.29) is 5.56 Å². The number of aromatic nitrogens is 1. The average Bonchev–Trinajstić information content (AvgIpc) is 2.46. The summed E-state index contributed by atoms with van der Waals surface area (Å²) in [6.45, 7) is 0. The van der Waals surface area contributed by atoms with Crippen LogP contribution in [0.3, 0.4) is 0 Å². The van der Waals surface area contributed by atoms with Crippen LogP contribution in [0.25, 0.3) is 10.9 Å². The molecule has 1 aromatic heterocycles. The summed E-state index contributed by atoms with van der Waals surface area (Å²) in [5.74, 6) is -2.73. The zero-order valence-electron chi connectivity index (χ0n) is 10.5. The van der Waals surface area contributed by atoms with Crippen LogP contribution >= 0.6 is 0 Å². The molecular formula is C14H10N2O4. The number of benzene rings is 1. The van der Waals surface area contributed by atoms with Crippen LogP contribution in [0.5, 0.6) is 5.75 Å². The Hall–Kier alpha value is -2.76. The monoisotopic (exact) mass is 270 g/mol. The third-order valence-corrected chi connectivity index (χ3v) is 3.20. The van der Waals surface area contributed by atoms with Gasteiger partial charge in [0.15, 0.2) is 11.7 Å². The van der Waals surface area contributed by atoms with Crippen LogP contribution in [0.15, 0.2) is 29.4 Å². The second-order valence-electron chi connectivity index (χ2n) is 4.34. The number of fused-ring (bicyclic) bond motifs is 3. The van der Waals surface area contributed by atoms with Gasteiger partial charge in [0.25, 0.3) is 0 Å². The first-order chi connectivity index (χ1) is 9.63. The lowest BCUT2D eigenvalue weighted by molar-refractivity contribution is -0.137. The number of carbonyl (C=O) groups excluding carboxylic acids is 1. The van der Waals surface area contributed by atoms with Gasteiger partial charge in [-0.2, -0.15) is 0 Å². The van der Waals surface area contributed by atoms with Crippen molar-refractivity contribution in [2.75, 3.05) is 7.11 Å². The molecule has 0 fully saturated rings. The van der Waals surface area contributed by atoms with Crippen molar-refractivity contribution in [2.45, 2.75) is 0 Å². The number of hydrogen-bond donors (Lipinski definition) is 1. The van der Waals surface area contributed by atoms with Crippen LogP contribution in [0, 0.1) is 5.92 Å². The van der Waals surface area contributed by atoms with E-state index in [2.05, 4.69) is 9.98 Å². The standard InChI is InChI=1S/C14H10N2O4/c1-20-9-5-7-3-2-4-15-11(7)12-10(9)13(17)8(6-16-12)14(18)19/h2-6,8H,1H3,(H,18,19). The molecule has 6 nitrogen and oxygen atoms in total. The molecule has 1 aliphatic rings. The number of pyridine rings is 1. The van der Waals surface area contributed by atoms with Gasteiger partial charge in [-0.1, -0.05) is 6.07 Å². The summed E-state index contributed by atoms with van der Waals surface area (Å²) in [7, 11) is 1.43. The Balaban J connectivity index is 2.35. The molecule has 0 saturated heterocycles. The number of ether oxygens (including phenoxy) is 1. The minimum absolute atomic E-state index is 0.175. The van der Waals surface area contributed by atoms with E-state index < -0.39 is 17.7 Å². The van der Waals surface area contributed by atoms with Gasteiger partial charge in [0.1, 0.15) is 11.4 Å². The molecule has 100 valence electrons. The third-order valence-electron chi connectivity index (χ3n) is 3.20. The molecule has 2 aromatic rings. The number of aliphatic carboxylic acids is 1. The van der Waals surface area contributed by atoms with Gasteiger partial charge in [0, 0.05) is 17.8 Å². The Morgan fingerprint density at radius 1 is 1.45 bits per heavy atom. The Bertz CT molecular complexity index is 767. The highest BCUT2D eigenvalue weighted by Gasteiger charge is 2.34. The fraction of sp³-hybridized carbons (Fsp3) is 0.143. The van der Waals surface area contributed by atoms with Gasteiger partial charge in [-0.3, -0.25) is 19.6 Å². The van der Waals surface area contributed by atoms with E-state index in [1.807, 2.05) is 6.07 Å². The quantitative estimate of drug-likeness (QED) is 0.841. The van der Waals surface area contributed by atoms with E-state index in [0.717, 1.165) is 11.6 Å². The molecule has 1 aliphatic heterocycles. The molecule has 20 heavy (non-hydrogen) atoms. The smallest absolute Gasteiger partial charge is 0.319 e. The van der Waals surface area contributed by atoms with Crippen molar-refractivity contribution in [1.29, 1.82) is 0 Å². The van der Waals surface area contributed by atoms with E-state index >= 15 is 0 Å². The number of methoxy groups -OCH3 is 1. The van der Waals surface area contributed by atoms with Crippen molar-refractivity contribution >= 4 is 34.6 Å². The molecule has 2 heterocycles. The number of ketones is 1. The van der Waals surface area contributed by atoms with Crippen LogP contribution in [-0.4, -0.2) is 35.2 Å². The maximum Gasteiger partial charge on any atom is 0.319 e. The zero-order valence-corrected chi connectivity index (χ0v) is 10.5. The van der Waals surface area contributed by atoms with E-state index in [1.165, 1.54) is 7.11 Å². The van der Waals surface area contributed by atoms with Crippen LogP contribution in [0.4, 0.5) is 5.69 Å². The summed E-state index contributed by atoms with van der Waals surface area (Å²) >= 11 is 0. The molecule has 1 aromatic carbocycles. The highest BCUT2D eigenvalue weighted by atomic mass is 16.5. The minimum Gasteiger partial charge on any atom is -0.496 e. The number of carboxylic acid groups (broad SMARTS) is 1. The second-order valence-corrected chi connectivity index (χ2v) is 4.34. The van der Waals surface area contributed by atoms with Gasteiger partial charge < -0.3 is 9.84 Å². The predicted molar refractivity (Wildman–Crippen MR) is 71.9 cm³/mol. The molecule has 3 rings (SSSR count). The number of Topliss-reactive ketones (excluding diaryl/α,β-unsaturated/α-hetero) is 1. The summed E-state index contributed by atoms with van der Waals surface area (Å²) in [6.07, 6.45) is 2.74. The van der Waals surface area contributed by atoms with Gasteiger partial charge >= 0.3 is 5.97 Å². The average molecular weight is 270 g/mol. The van der Waals surface area contributed by atoms with Gasteiger partial charge in [0.05, 0.1) is 18.2 Å². The van der Waals surface area contributed by atoms with Gasteiger partial charge in [-0.05, 0) is 12.1 Å². The van der Waals surface area contributed by atoms with Crippen molar-refractivity contribution in [2.24, 2.45) is 10.9 Å². The largest absolute Gasteiger partial charge is 0.496 e. The zero-order chi connectivity index (χ0) is 14.3. The normalized spacial score (nSPS) is 17.1. The van der Waals surface area contributed by atoms with Gasteiger partial charge in [-0.15, -0.1) is 0 Å². The third kappa shape index (κ3) is 1.65. The SMILES string of the molecule is COc1cc2cccnc2c2c1C(=O)C(C(=O)O)C=N2. The summed E-state index contributed by atoms with van der Waals surface area (Å²) in [5, 5.41) is 9.82. The highest BCUT2D eigenvalue weighted by Crippen LogP contribution is 2.39. The summed E-state index contributed by atoms with van der Waals surface area (Å²) in [5.41, 5.74) is 1.09. The Morgan fingerprint density at radius 3 is 2.95 bits per heavy atom. The number of carbonyl (C=O) groups is 2. The number of rotatable bonds is 2. The molecule has 0 spiro atoms. The summed E-state index contributed by atoms with van der Waals surface area (Å²) in [4.78, 5) is 31.7. The molecule has 0 saturated carbocycles. The van der Waals surface area contributed by atoms with E-state index in [9.17, 15) is 9.59 Å². The number of carboxylic acids is 1. The maximum absolute atomic E-state index is 12.3. The van der Waals surface area contributed by atoms with Crippen LogP contribution < -0.4 is 4.74 Å². The lowest BCUT2D eigenvalue weighted by atomic mass is 9.92. The Kier molecular flexibility index (Phi) is 2.71. The number of hydrogen-bond acceptors (Lipinski definition) is 5. The number of aliphatic imine (C=N–C) groups is 1. The van der Waals surface area contributed by atoms with Crippen molar-refractivity contribution in [1.82, 2.24) is 4.98 Å². The first kappa shape index (κ1) is 12.3. The number of nitrogens with zero attached hydrogens (tertiary/aromatic N) is 2. The topological polar surface area (TPSA) is 88.8 Å². The minimum atomic E-state index is -1.28. The van der Waals surface area contributed by atoms with Crippen molar-refractivity contribution in [3.05, 3.63) is 30.0 Å². The van der Waals surface area contributed by atoms with Gasteiger partial charge in [-0.25, -0.2) is 0 Å². The van der Waals surface area contributed by atoms with E-state index in [0.29, 0.717) is 17.0 Å². The fourth-order valence-corrected chi connectivity index (χ4v) is 2.25. The van der Waals surface area contributed by atoms with Crippen LogP contribution in [-0.2, 0) is 4.79 Å². The Morgan fingerprint density at radius 2 is 2.25 bits per heavy atom. The molecule has 1 unspecified atom stereocenters. The van der Waals surface area contributed by atoms with E-state index in [1.54, 1.807) is 18.3 Å². The lowest BCUT2D eigenvalue weighted by Crippen LogP contribution is -2.28. The highest BCUT2D eigenvalue weighted by molar-refractivity contribution is 6.25. The summed E-state index contributed by atoms with van der Waals surface area (Å²) < 4.78 is 5.20. The predicted octanol–water partition coefficient (Wildman–Crippen LogP) is 1.84. The first-order valence-electron chi connectivity index (χ1n) is 5.90. The van der Waals surface area contributed by atoms with Crippen molar-refractivity contribution in [3.8, 4) is 5.75 Å². The molecule has 0 aliphatic carbocycles. The molecule has 0 radical (unpaired) electrons. The molecular weight excluding hydrogens is 260 g/mol. The van der Waals surface area contributed by atoms with Crippen LogP contribution in [0.1, 0.15) is 10.4 Å². The maximum atomic E-state index is 12.3. The fourth-order valence-electron chi connectivity index (χ4n) is 2.25. The van der Waals surface area contributed by atoms with Crippen molar-refractivity contribution < 1.29 is 19.4 Å². The molecule has 0 bridgehead atoms. The lowest BCUT2D eigenvalue weighted by Gasteiger charge is -2.18. The molecule has 1 atom stereocenters. The van der Waals surface area contributed by atoms with Crippen LogP contribution in [0.2, 0.25) is 0 Å².